The fourth-order valence-corrected chi connectivity index (χ4v) is 3.40. The Morgan fingerprint density at radius 3 is 2.40 bits per heavy atom. The maximum atomic E-state index is 11.8. The zero-order chi connectivity index (χ0) is 21.7. The zero-order valence-corrected chi connectivity index (χ0v) is 17.9. The van der Waals surface area contributed by atoms with Gasteiger partial charge in [0, 0.05) is 34.6 Å². The number of aromatic nitrogens is 2. The number of hydrogen-bond acceptors (Lipinski definition) is 8. The molecule has 0 bridgehead atoms. The van der Waals surface area contributed by atoms with Crippen LogP contribution < -0.4 is 15.4 Å². The van der Waals surface area contributed by atoms with Gasteiger partial charge in [0.1, 0.15) is 11.6 Å². The first-order valence-corrected chi connectivity index (χ1v) is 11.3. The van der Waals surface area contributed by atoms with Gasteiger partial charge in [0.05, 0.1) is 23.4 Å². The molecule has 2 atom stereocenters. The van der Waals surface area contributed by atoms with E-state index in [1.54, 1.807) is 37.6 Å². The Balaban J connectivity index is 1.91. The molecule has 3 rings (SSSR count). The largest absolute Gasteiger partial charge is 0.497 e. The third-order valence-corrected chi connectivity index (χ3v) is 5.58. The highest BCUT2D eigenvalue weighted by atomic mass is 32.2. The van der Waals surface area contributed by atoms with E-state index in [2.05, 4.69) is 20.6 Å². The number of methoxy groups -OCH3 is 1. The van der Waals surface area contributed by atoms with E-state index < -0.39 is 9.73 Å². The number of nitrogens with one attached hydrogen (secondary N) is 3. The van der Waals surface area contributed by atoms with Gasteiger partial charge in [-0.3, -0.25) is 0 Å². The average molecular weight is 428 g/mol. The number of nitrogens with zero attached hydrogens (tertiary/aromatic N) is 2. The van der Waals surface area contributed by atoms with Gasteiger partial charge < -0.3 is 20.5 Å². The Morgan fingerprint density at radius 2 is 1.83 bits per heavy atom. The first-order valence-electron chi connectivity index (χ1n) is 9.30. The van der Waals surface area contributed by atoms with Gasteiger partial charge in [-0.15, -0.1) is 0 Å². The van der Waals surface area contributed by atoms with Crippen molar-refractivity contribution in [2.45, 2.75) is 17.9 Å². The van der Waals surface area contributed by atoms with E-state index in [1.165, 1.54) is 6.26 Å². The lowest BCUT2D eigenvalue weighted by Gasteiger charge is -2.17. The summed E-state index contributed by atoms with van der Waals surface area (Å²) in [5.74, 6) is 1.71. The van der Waals surface area contributed by atoms with Crippen molar-refractivity contribution in [3.63, 3.8) is 0 Å². The summed E-state index contributed by atoms with van der Waals surface area (Å²) >= 11 is 0. The quantitative estimate of drug-likeness (QED) is 0.432. The lowest BCUT2D eigenvalue weighted by Crippen LogP contribution is -2.21. The molecule has 0 aliphatic carbocycles. The van der Waals surface area contributed by atoms with Crippen LogP contribution in [-0.2, 0) is 9.73 Å². The lowest BCUT2D eigenvalue weighted by molar-refractivity contribution is 0.281. The molecule has 30 heavy (non-hydrogen) atoms. The van der Waals surface area contributed by atoms with E-state index >= 15 is 0 Å². The molecule has 0 saturated heterocycles. The molecule has 3 aromatic rings. The maximum absolute atomic E-state index is 11.8. The Morgan fingerprint density at radius 1 is 1.17 bits per heavy atom. The topological polar surface area (TPSA) is 120 Å². The zero-order valence-electron chi connectivity index (χ0n) is 17.0. The number of hydrogen-bond donors (Lipinski definition) is 4. The summed E-state index contributed by atoms with van der Waals surface area (Å²) in [5, 5.41) is 15.8. The molecule has 9 heteroatoms. The molecule has 0 amide bonds. The minimum absolute atomic E-state index is 0.0420. The first-order chi connectivity index (χ1) is 14.3. The highest BCUT2D eigenvalue weighted by molar-refractivity contribution is 7.91. The number of ether oxygens (including phenoxy) is 1. The lowest BCUT2D eigenvalue weighted by atomic mass is 10.1. The molecule has 8 nitrogen and oxygen atoms in total. The van der Waals surface area contributed by atoms with Gasteiger partial charge in [0.2, 0.25) is 5.95 Å². The van der Waals surface area contributed by atoms with Crippen molar-refractivity contribution in [1.29, 1.82) is 4.78 Å². The maximum Gasteiger partial charge on any atom is 0.229 e. The summed E-state index contributed by atoms with van der Waals surface area (Å²) in [6.45, 7) is 1.81. The van der Waals surface area contributed by atoms with E-state index in [0.717, 1.165) is 16.9 Å². The molecule has 1 aromatic heterocycles. The van der Waals surface area contributed by atoms with Gasteiger partial charge in [0.25, 0.3) is 0 Å². The van der Waals surface area contributed by atoms with Gasteiger partial charge in [-0.1, -0.05) is 12.1 Å². The second kappa shape index (κ2) is 9.10. The molecular formula is C21H25N5O3S. The summed E-state index contributed by atoms with van der Waals surface area (Å²) in [4.78, 5) is 9.45. The fourth-order valence-electron chi connectivity index (χ4n) is 2.74. The minimum atomic E-state index is -2.76. The molecule has 158 valence electrons. The van der Waals surface area contributed by atoms with Crippen molar-refractivity contribution >= 4 is 27.2 Å². The van der Waals surface area contributed by atoms with Crippen LogP contribution in [0, 0.1) is 4.78 Å². The molecule has 1 heterocycles. The van der Waals surface area contributed by atoms with Gasteiger partial charge >= 0.3 is 0 Å². The van der Waals surface area contributed by atoms with E-state index in [-0.39, 0.29) is 12.6 Å². The number of aliphatic hydroxyl groups excluding tert-OH is 1. The molecule has 2 aromatic carbocycles. The Kier molecular flexibility index (Phi) is 6.53. The Bertz CT molecular complexity index is 1100. The van der Waals surface area contributed by atoms with Gasteiger partial charge in [0.15, 0.2) is 0 Å². The molecule has 4 N–H and O–H groups in total. The normalized spacial score (nSPS) is 13.9. The Labute approximate surface area is 176 Å². The van der Waals surface area contributed by atoms with E-state index in [1.807, 2.05) is 31.2 Å². The second-order valence-electron chi connectivity index (χ2n) is 6.91. The van der Waals surface area contributed by atoms with E-state index in [9.17, 15) is 9.32 Å². The van der Waals surface area contributed by atoms with Gasteiger partial charge in [-0.2, -0.15) is 4.98 Å². The average Bonchev–Trinajstić information content (AvgIpc) is 2.74. The highest BCUT2D eigenvalue weighted by Crippen LogP contribution is 2.29. The summed E-state index contributed by atoms with van der Waals surface area (Å²) in [7, 11) is -1.14. The third-order valence-electron chi connectivity index (χ3n) is 4.41. The molecule has 1 unspecified atom stereocenters. The number of benzene rings is 2. The SMILES string of the molecule is COc1ccc(-c2cnc(Nc3ccc(S(C)(=N)=O)cc3)nc2N[C@H](C)CO)cc1. The van der Waals surface area contributed by atoms with Crippen LogP contribution in [0.2, 0.25) is 0 Å². The smallest absolute Gasteiger partial charge is 0.229 e. The van der Waals surface area contributed by atoms with Crippen molar-refractivity contribution in [3.8, 4) is 16.9 Å². The van der Waals surface area contributed by atoms with E-state index in [4.69, 9.17) is 9.52 Å². The summed E-state index contributed by atoms with van der Waals surface area (Å²) < 4.78 is 24.7. The van der Waals surface area contributed by atoms with Crippen LogP contribution in [0.4, 0.5) is 17.5 Å². The van der Waals surface area contributed by atoms with Crippen LogP contribution in [0.3, 0.4) is 0 Å². The van der Waals surface area contributed by atoms with Crippen LogP contribution in [0.25, 0.3) is 11.1 Å². The van der Waals surface area contributed by atoms with Crippen molar-refractivity contribution in [1.82, 2.24) is 9.97 Å². The molecule has 0 aliphatic heterocycles. The van der Waals surface area contributed by atoms with Crippen molar-refractivity contribution in [2.24, 2.45) is 0 Å². The number of rotatable bonds is 8. The van der Waals surface area contributed by atoms with Crippen LogP contribution in [0.1, 0.15) is 6.92 Å². The van der Waals surface area contributed by atoms with Crippen LogP contribution >= 0.6 is 0 Å². The minimum Gasteiger partial charge on any atom is -0.497 e. The molecule has 0 saturated carbocycles. The highest BCUT2D eigenvalue weighted by Gasteiger charge is 2.13. The fraction of sp³-hybridized carbons (Fsp3) is 0.238. The molecule has 0 spiro atoms. The summed E-state index contributed by atoms with van der Waals surface area (Å²) in [6, 6.07) is 14.1. The molecule has 0 aliphatic rings. The molecule has 0 radical (unpaired) electrons. The van der Waals surface area contributed by atoms with E-state index in [0.29, 0.717) is 22.3 Å². The summed E-state index contributed by atoms with van der Waals surface area (Å²) in [6.07, 6.45) is 3.09. The van der Waals surface area contributed by atoms with Crippen LogP contribution in [0.5, 0.6) is 5.75 Å². The van der Waals surface area contributed by atoms with Crippen molar-refractivity contribution in [3.05, 3.63) is 54.7 Å². The van der Waals surface area contributed by atoms with Crippen molar-refractivity contribution in [2.75, 3.05) is 30.6 Å². The summed E-state index contributed by atoms with van der Waals surface area (Å²) in [5.41, 5.74) is 2.41. The molecule has 0 fully saturated rings. The molecular weight excluding hydrogens is 402 g/mol. The first kappa shape index (κ1) is 21.5. The predicted octanol–water partition coefficient (Wildman–Crippen LogP) is 3.72. The third kappa shape index (κ3) is 5.25. The van der Waals surface area contributed by atoms with Crippen LogP contribution in [-0.4, -0.2) is 45.3 Å². The number of anilines is 3. The standard InChI is InChI=1S/C21H25N5O3S/c1-14(13-27)24-20-19(15-4-8-17(29-2)9-5-15)12-23-21(26-20)25-16-6-10-18(11-7-16)30(3,22)28/h4-12,14,22,27H,13H2,1-3H3,(H2,23,24,25,26)/t14-,30?/m1/s1. The van der Waals surface area contributed by atoms with Gasteiger partial charge in [-0.25, -0.2) is 14.0 Å². The number of aliphatic hydroxyl groups is 1. The van der Waals surface area contributed by atoms with Crippen molar-refractivity contribution < 1.29 is 14.1 Å². The monoisotopic (exact) mass is 427 g/mol. The van der Waals surface area contributed by atoms with Gasteiger partial charge in [-0.05, 0) is 48.9 Å². The van der Waals surface area contributed by atoms with Crippen LogP contribution in [0.15, 0.2) is 59.6 Å². The second-order valence-corrected chi connectivity index (χ2v) is 9.06. The predicted molar refractivity (Wildman–Crippen MR) is 119 cm³/mol. The Hall–Kier alpha value is -3.17.